The number of hydrogen-bond acceptors (Lipinski definition) is 4. The zero-order chi connectivity index (χ0) is 14.7. The van der Waals surface area contributed by atoms with Crippen molar-refractivity contribution in [3.05, 3.63) is 40.9 Å². The van der Waals surface area contributed by atoms with E-state index in [1.54, 1.807) is 13.0 Å². The van der Waals surface area contributed by atoms with Gasteiger partial charge in [0.05, 0.1) is 10.7 Å². The molecule has 2 N–H and O–H groups in total. The summed E-state index contributed by atoms with van der Waals surface area (Å²) in [5.74, 6) is -1.67. The van der Waals surface area contributed by atoms with Gasteiger partial charge in [-0.25, -0.2) is 4.68 Å². The highest BCUT2D eigenvalue weighted by Gasteiger charge is 2.17. The molecule has 0 aliphatic carbocycles. The van der Waals surface area contributed by atoms with Gasteiger partial charge < -0.3 is 5.32 Å². The number of hydrogen-bond donors (Lipinski definition) is 2. The van der Waals surface area contributed by atoms with Gasteiger partial charge in [-0.3, -0.25) is 15.0 Å². The zero-order valence-electron chi connectivity index (χ0n) is 10.8. The quantitative estimate of drug-likeness (QED) is 0.816. The van der Waals surface area contributed by atoms with Crippen LogP contribution in [-0.2, 0) is 9.59 Å². The molecule has 0 saturated heterocycles. The van der Waals surface area contributed by atoms with Crippen LogP contribution in [0.1, 0.15) is 11.1 Å². The van der Waals surface area contributed by atoms with E-state index in [2.05, 4.69) is 20.9 Å². The molecule has 1 heterocycles. The summed E-state index contributed by atoms with van der Waals surface area (Å²) in [7, 11) is 0. The maximum absolute atomic E-state index is 11.8. The SMILES string of the molecule is Cc1cc(C)c(NC(=O)C(=O)Nn2cnnc2)c(Cl)c1. The highest BCUT2D eigenvalue weighted by molar-refractivity contribution is 6.43. The Bertz CT molecular complexity index is 631. The molecule has 1 aromatic carbocycles. The lowest BCUT2D eigenvalue weighted by atomic mass is 10.1. The van der Waals surface area contributed by atoms with E-state index in [-0.39, 0.29) is 0 Å². The Balaban J connectivity index is 2.10. The van der Waals surface area contributed by atoms with Crippen LogP contribution in [0.3, 0.4) is 0 Å². The number of amides is 2. The number of nitrogens with one attached hydrogen (secondary N) is 2. The highest BCUT2D eigenvalue weighted by Crippen LogP contribution is 2.27. The molecular weight excluding hydrogens is 282 g/mol. The Morgan fingerprint density at radius 1 is 1.15 bits per heavy atom. The van der Waals surface area contributed by atoms with E-state index in [0.29, 0.717) is 10.7 Å². The number of carbonyl (C=O) groups is 2. The fourth-order valence-electron chi connectivity index (χ4n) is 1.67. The van der Waals surface area contributed by atoms with Crippen LogP contribution in [0.15, 0.2) is 24.8 Å². The molecule has 0 aliphatic rings. The second-order valence-electron chi connectivity index (χ2n) is 4.20. The first-order valence-electron chi connectivity index (χ1n) is 5.71. The van der Waals surface area contributed by atoms with Crippen molar-refractivity contribution in [2.75, 3.05) is 10.7 Å². The molecule has 0 radical (unpaired) electrons. The summed E-state index contributed by atoms with van der Waals surface area (Å²) < 4.78 is 1.17. The van der Waals surface area contributed by atoms with Gasteiger partial charge in [0, 0.05) is 0 Å². The van der Waals surface area contributed by atoms with Crippen molar-refractivity contribution >= 4 is 29.1 Å². The van der Waals surface area contributed by atoms with Crippen molar-refractivity contribution in [2.45, 2.75) is 13.8 Å². The molecule has 0 saturated carbocycles. The van der Waals surface area contributed by atoms with Gasteiger partial charge in [-0.15, -0.1) is 10.2 Å². The van der Waals surface area contributed by atoms with Crippen molar-refractivity contribution < 1.29 is 9.59 Å². The largest absolute Gasteiger partial charge is 0.328 e. The lowest BCUT2D eigenvalue weighted by molar-refractivity contribution is -0.133. The van der Waals surface area contributed by atoms with Gasteiger partial charge >= 0.3 is 11.8 Å². The third kappa shape index (κ3) is 3.12. The maximum atomic E-state index is 11.8. The predicted molar refractivity (Wildman–Crippen MR) is 73.9 cm³/mol. The first kappa shape index (κ1) is 14.0. The maximum Gasteiger partial charge on any atom is 0.328 e. The van der Waals surface area contributed by atoms with E-state index in [4.69, 9.17) is 11.6 Å². The molecule has 1 aromatic heterocycles. The second kappa shape index (κ2) is 5.70. The molecule has 0 fully saturated rings. The minimum absolute atomic E-state index is 0.382. The lowest BCUT2D eigenvalue weighted by Gasteiger charge is -2.11. The van der Waals surface area contributed by atoms with Crippen LogP contribution < -0.4 is 10.7 Å². The van der Waals surface area contributed by atoms with Crippen LogP contribution >= 0.6 is 11.6 Å². The van der Waals surface area contributed by atoms with Gasteiger partial charge in [-0.05, 0) is 31.0 Å². The molecule has 2 amide bonds. The molecule has 7 nitrogen and oxygen atoms in total. The molecule has 104 valence electrons. The van der Waals surface area contributed by atoms with Gasteiger partial charge in [0.2, 0.25) is 0 Å². The van der Waals surface area contributed by atoms with Gasteiger partial charge in [-0.1, -0.05) is 17.7 Å². The molecule has 0 atom stereocenters. The number of benzene rings is 1. The van der Waals surface area contributed by atoms with Gasteiger partial charge in [-0.2, -0.15) is 0 Å². The van der Waals surface area contributed by atoms with Gasteiger partial charge in [0.15, 0.2) is 0 Å². The summed E-state index contributed by atoms with van der Waals surface area (Å²) in [4.78, 5) is 23.5. The molecule has 20 heavy (non-hydrogen) atoms. The summed E-state index contributed by atoms with van der Waals surface area (Å²) in [5.41, 5.74) is 4.46. The van der Waals surface area contributed by atoms with Crippen LogP contribution in [0.2, 0.25) is 5.02 Å². The number of carbonyl (C=O) groups excluding carboxylic acids is 2. The summed E-state index contributed by atoms with van der Waals surface area (Å²) in [6.45, 7) is 3.69. The standard InChI is InChI=1S/C12H12ClN5O2/c1-7-3-8(2)10(9(13)4-7)16-11(19)12(20)17-18-5-14-15-6-18/h3-6H,1-2H3,(H,16,19)(H,17,20). The summed E-state index contributed by atoms with van der Waals surface area (Å²) in [5, 5.41) is 9.87. The summed E-state index contributed by atoms with van der Waals surface area (Å²) in [6, 6.07) is 3.57. The van der Waals surface area contributed by atoms with E-state index in [1.807, 2.05) is 13.0 Å². The average molecular weight is 294 g/mol. The topological polar surface area (TPSA) is 88.9 Å². The molecule has 0 spiro atoms. The third-order valence-electron chi connectivity index (χ3n) is 2.53. The number of nitrogens with zero attached hydrogens (tertiary/aromatic N) is 3. The Morgan fingerprint density at radius 2 is 1.80 bits per heavy atom. The molecule has 0 bridgehead atoms. The Morgan fingerprint density at radius 3 is 2.40 bits per heavy atom. The van der Waals surface area contributed by atoms with E-state index in [0.717, 1.165) is 11.1 Å². The van der Waals surface area contributed by atoms with E-state index in [1.165, 1.54) is 17.3 Å². The fourth-order valence-corrected chi connectivity index (χ4v) is 2.04. The molecule has 2 rings (SSSR count). The third-order valence-corrected chi connectivity index (χ3v) is 2.82. The van der Waals surface area contributed by atoms with E-state index < -0.39 is 11.8 Å². The molecular formula is C12H12ClN5O2. The lowest BCUT2D eigenvalue weighted by Crippen LogP contribution is -2.33. The van der Waals surface area contributed by atoms with Crippen LogP contribution in [0.5, 0.6) is 0 Å². The normalized spacial score (nSPS) is 10.2. The Kier molecular flexibility index (Phi) is 3.99. The minimum atomic E-state index is -0.846. The van der Waals surface area contributed by atoms with Gasteiger partial charge in [0.25, 0.3) is 0 Å². The molecule has 2 aromatic rings. The summed E-state index contributed by atoms with van der Waals surface area (Å²) >= 11 is 6.05. The number of rotatable bonds is 2. The zero-order valence-corrected chi connectivity index (χ0v) is 11.6. The average Bonchev–Trinajstić information content (AvgIpc) is 2.86. The first-order valence-corrected chi connectivity index (χ1v) is 6.09. The summed E-state index contributed by atoms with van der Waals surface area (Å²) in [6.07, 6.45) is 2.52. The molecule has 8 heteroatoms. The van der Waals surface area contributed by atoms with E-state index in [9.17, 15) is 9.59 Å². The number of aryl methyl sites for hydroxylation is 2. The van der Waals surface area contributed by atoms with Crippen molar-refractivity contribution in [3.8, 4) is 0 Å². The number of halogens is 1. The van der Waals surface area contributed by atoms with Crippen LogP contribution in [0.25, 0.3) is 0 Å². The molecule has 0 unspecified atom stereocenters. The Hall–Kier alpha value is -2.41. The first-order chi connectivity index (χ1) is 9.47. The van der Waals surface area contributed by atoms with Crippen molar-refractivity contribution in [1.29, 1.82) is 0 Å². The Labute approximate surface area is 119 Å². The van der Waals surface area contributed by atoms with E-state index >= 15 is 0 Å². The fraction of sp³-hybridized carbons (Fsp3) is 0.167. The van der Waals surface area contributed by atoms with Gasteiger partial charge in [0.1, 0.15) is 12.7 Å². The number of aromatic nitrogens is 3. The highest BCUT2D eigenvalue weighted by atomic mass is 35.5. The molecule has 0 aliphatic heterocycles. The minimum Gasteiger partial charge on any atom is -0.316 e. The van der Waals surface area contributed by atoms with Crippen LogP contribution in [-0.4, -0.2) is 26.7 Å². The van der Waals surface area contributed by atoms with Crippen molar-refractivity contribution in [1.82, 2.24) is 14.9 Å². The van der Waals surface area contributed by atoms with Crippen molar-refractivity contribution in [2.24, 2.45) is 0 Å². The number of anilines is 1. The van der Waals surface area contributed by atoms with Crippen LogP contribution in [0, 0.1) is 13.8 Å². The monoisotopic (exact) mass is 293 g/mol. The second-order valence-corrected chi connectivity index (χ2v) is 4.61. The smallest absolute Gasteiger partial charge is 0.316 e. The van der Waals surface area contributed by atoms with Crippen molar-refractivity contribution in [3.63, 3.8) is 0 Å². The van der Waals surface area contributed by atoms with Crippen LogP contribution in [0.4, 0.5) is 5.69 Å². The predicted octanol–water partition coefficient (Wildman–Crippen LogP) is 1.26.